The molecule has 0 unspecified atom stereocenters. The van der Waals surface area contributed by atoms with Crippen molar-refractivity contribution >= 4 is 5.69 Å². The van der Waals surface area contributed by atoms with Crippen molar-refractivity contribution in [3.63, 3.8) is 0 Å². The molecule has 68 valence electrons. The number of nitrogens with two attached hydrogens (primary N) is 1. The van der Waals surface area contributed by atoms with Crippen molar-refractivity contribution < 1.29 is 4.74 Å². The zero-order valence-corrected chi connectivity index (χ0v) is 7.79. The predicted octanol–water partition coefficient (Wildman–Crippen LogP) is 2.01. The Bertz CT molecular complexity index is 173. The first kappa shape index (κ1) is 10.8. The Morgan fingerprint density at radius 2 is 1.67 bits per heavy atom. The minimum absolute atomic E-state index is 0.832. The molecule has 0 heterocycles. The number of nitrogens with one attached hydrogen (secondary N) is 1. The molecule has 0 atom stereocenters. The zero-order valence-electron chi connectivity index (χ0n) is 7.79. The predicted molar refractivity (Wildman–Crippen MR) is 52.2 cm³/mol. The maximum atomic E-state index is 5.15. The van der Waals surface area contributed by atoms with Crippen molar-refractivity contribution in [3.8, 4) is 5.75 Å². The molecule has 0 aliphatic heterocycles. The van der Waals surface area contributed by atoms with E-state index in [1.807, 2.05) is 38.1 Å². The van der Waals surface area contributed by atoms with Crippen molar-refractivity contribution in [2.24, 2.45) is 5.84 Å². The summed E-state index contributed by atoms with van der Waals surface area (Å²) in [5, 5.41) is 0. The normalized spacial score (nSPS) is 8.00. The van der Waals surface area contributed by atoms with Crippen LogP contribution in [0.15, 0.2) is 24.3 Å². The smallest absolute Gasteiger partial charge is 0.119 e. The number of hydrogen-bond donors (Lipinski definition) is 2. The van der Waals surface area contributed by atoms with Gasteiger partial charge in [-0.1, -0.05) is 13.8 Å². The van der Waals surface area contributed by atoms with Crippen molar-refractivity contribution in [2.75, 3.05) is 12.5 Å². The van der Waals surface area contributed by atoms with Crippen molar-refractivity contribution in [3.05, 3.63) is 24.3 Å². The number of anilines is 1. The second-order valence-corrected chi connectivity index (χ2v) is 1.87. The summed E-state index contributed by atoms with van der Waals surface area (Å²) >= 11 is 0. The van der Waals surface area contributed by atoms with Crippen LogP contribution in [0.4, 0.5) is 5.69 Å². The molecule has 1 rings (SSSR count). The summed E-state index contributed by atoms with van der Waals surface area (Å²) in [6.07, 6.45) is 0. The lowest BCUT2D eigenvalue weighted by Crippen LogP contribution is -2.05. The highest BCUT2D eigenvalue weighted by molar-refractivity contribution is 5.44. The van der Waals surface area contributed by atoms with Crippen LogP contribution in [-0.2, 0) is 0 Å². The SMILES string of the molecule is CC.COc1ccc(NN)cc1. The lowest BCUT2D eigenvalue weighted by Gasteiger charge is -2.00. The lowest BCUT2D eigenvalue weighted by atomic mass is 10.3. The van der Waals surface area contributed by atoms with Gasteiger partial charge in [-0.15, -0.1) is 0 Å². The molecular weight excluding hydrogens is 152 g/mol. The first-order valence-corrected chi connectivity index (χ1v) is 3.97. The third-order valence-electron chi connectivity index (χ3n) is 1.26. The molecule has 12 heavy (non-hydrogen) atoms. The van der Waals surface area contributed by atoms with Gasteiger partial charge >= 0.3 is 0 Å². The molecular formula is C9H16N2O. The van der Waals surface area contributed by atoms with Gasteiger partial charge < -0.3 is 10.2 Å². The molecule has 0 bridgehead atoms. The van der Waals surface area contributed by atoms with Crippen LogP contribution in [-0.4, -0.2) is 7.11 Å². The Labute approximate surface area is 73.5 Å². The maximum Gasteiger partial charge on any atom is 0.119 e. The third-order valence-corrected chi connectivity index (χ3v) is 1.26. The molecule has 0 amide bonds. The summed E-state index contributed by atoms with van der Waals surface area (Å²) in [7, 11) is 1.63. The van der Waals surface area contributed by atoms with Crippen LogP contribution in [0, 0.1) is 0 Å². The minimum atomic E-state index is 0.832. The molecule has 3 nitrogen and oxygen atoms in total. The Balaban J connectivity index is 0.000000561. The van der Waals surface area contributed by atoms with Gasteiger partial charge in [-0.2, -0.15) is 0 Å². The molecule has 3 heteroatoms. The summed E-state index contributed by atoms with van der Waals surface area (Å²) in [5.41, 5.74) is 3.40. The first-order chi connectivity index (χ1) is 5.86. The van der Waals surface area contributed by atoms with Crippen LogP contribution >= 0.6 is 0 Å². The van der Waals surface area contributed by atoms with Crippen LogP contribution in [0.25, 0.3) is 0 Å². The molecule has 0 aliphatic carbocycles. The molecule has 1 aromatic rings. The zero-order chi connectivity index (χ0) is 9.40. The topological polar surface area (TPSA) is 47.3 Å². The van der Waals surface area contributed by atoms with E-state index in [1.54, 1.807) is 7.11 Å². The molecule has 0 aromatic heterocycles. The third kappa shape index (κ3) is 3.25. The average Bonchev–Trinajstić information content (AvgIpc) is 2.21. The molecule has 0 aliphatic rings. The maximum absolute atomic E-state index is 5.15. The van der Waals surface area contributed by atoms with E-state index in [-0.39, 0.29) is 0 Å². The second-order valence-electron chi connectivity index (χ2n) is 1.87. The molecule has 3 N–H and O–H groups in total. The van der Waals surface area contributed by atoms with Gasteiger partial charge in [0.2, 0.25) is 0 Å². The van der Waals surface area contributed by atoms with Crippen molar-refractivity contribution in [2.45, 2.75) is 13.8 Å². The number of nitrogen functional groups attached to an aromatic ring is 1. The van der Waals surface area contributed by atoms with Gasteiger partial charge in [0, 0.05) is 5.69 Å². The number of ether oxygens (including phenoxy) is 1. The number of methoxy groups -OCH3 is 1. The number of benzene rings is 1. The van der Waals surface area contributed by atoms with Crippen molar-refractivity contribution in [1.82, 2.24) is 0 Å². The van der Waals surface area contributed by atoms with Crippen LogP contribution in [0.1, 0.15) is 13.8 Å². The Morgan fingerprint density at radius 1 is 1.17 bits per heavy atom. The van der Waals surface area contributed by atoms with E-state index < -0.39 is 0 Å². The summed E-state index contributed by atoms with van der Waals surface area (Å²) in [6.45, 7) is 4.00. The Morgan fingerprint density at radius 3 is 2.00 bits per heavy atom. The van der Waals surface area contributed by atoms with Gasteiger partial charge in [0.25, 0.3) is 0 Å². The first-order valence-electron chi connectivity index (χ1n) is 3.97. The van der Waals surface area contributed by atoms with Gasteiger partial charge in [-0.05, 0) is 24.3 Å². The Kier molecular flexibility index (Phi) is 5.83. The molecule has 0 spiro atoms. The van der Waals surface area contributed by atoms with Crippen LogP contribution in [0.5, 0.6) is 5.75 Å². The van der Waals surface area contributed by atoms with Gasteiger partial charge in [0.1, 0.15) is 5.75 Å². The second kappa shape index (κ2) is 6.49. The number of hydrogen-bond acceptors (Lipinski definition) is 3. The monoisotopic (exact) mass is 168 g/mol. The van der Waals surface area contributed by atoms with E-state index in [0.29, 0.717) is 0 Å². The fraction of sp³-hybridized carbons (Fsp3) is 0.333. The number of rotatable bonds is 2. The largest absolute Gasteiger partial charge is 0.497 e. The Hall–Kier alpha value is -1.22. The van der Waals surface area contributed by atoms with E-state index in [9.17, 15) is 0 Å². The van der Waals surface area contributed by atoms with Gasteiger partial charge in [-0.25, -0.2) is 0 Å². The standard InChI is InChI=1S/C7H10N2O.C2H6/c1-10-7-4-2-6(9-8)3-5-7;1-2/h2-5,9H,8H2,1H3;1-2H3. The van der Waals surface area contributed by atoms with Gasteiger partial charge in [-0.3, -0.25) is 5.84 Å². The summed E-state index contributed by atoms with van der Waals surface area (Å²) in [5.74, 6) is 5.98. The van der Waals surface area contributed by atoms with E-state index in [0.717, 1.165) is 11.4 Å². The quantitative estimate of drug-likeness (QED) is 0.524. The lowest BCUT2D eigenvalue weighted by molar-refractivity contribution is 0.415. The van der Waals surface area contributed by atoms with Crippen LogP contribution < -0.4 is 16.0 Å². The van der Waals surface area contributed by atoms with Crippen molar-refractivity contribution in [1.29, 1.82) is 0 Å². The van der Waals surface area contributed by atoms with Gasteiger partial charge in [0.15, 0.2) is 0 Å². The number of hydrazine groups is 1. The van der Waals surface area contributed by atoms with Gasteiger partial charge in [0.05, 0.1) is 7.11 Å². The van der Waals surface area contributed by atoms with E-state index >= 15 is 0 Å². The van der Waals surface area contributed by atoms with E-state index in [2.05, 4.69) is 5.43 Å². The molecule has 0 saturated carbocycles. The summed E-state index contributed by atoms with van der Waals surface area (Å²) in [6, 6.07) is 7.38. The highest BCUT2D eigenvalue weighted by Gasteiger charge is 1.88. The van der Waals surface area contributed by atoms with E-state index in [1.165, 1.54) is 0 Å². The fourth-order valence-electron chi connectivity index (χ4n) is 0.687. The summed E-state index contributed by atoms with van der Waals surface area (Å²) in [4.78, 5) is 0. The molecule has 0 fully saturated rings. The van der Waals surface area contributed by atoms with Crippen LogP contribution in [0.2, 0.25) is 0 Å². The van der Waals surface area contributed by atoms with E-state index in [4.69, 9.17) is 10.6 Å². The minimum Gasteiger partial charge on any atom is -0.497 e. The molecule has 0 radical (unpaired) electrons. The highest BCUT2D eigenvalue weighted by atomic mass is 16.5. The van der Waals surface area contributed by atoms with Crippen LogP contribution in [0.3, 0.4) is 0 Å². The summed E-state index contributed by atoms with van der Waals surface area (Å²) < 4.78 is 4.95. The average molecular weight is 168 g/mol. The molecule has 0 saturated heterocycles. The highest BCUT2D eigenvalue weighted by Crippen LogP contribution is 2.13. The fourth-order valence-corrected chi connectivity index (χ4v) is 0.687. The molecule has 1 aromatic carbocycles.